The Balaban J connectivity index is 1.53. The molecule has 7 nitrogen and oxygen atoms in total. The normalized spacial score (nSPS) is 20.5. The predicted molar refractivity (Wildman–Crippen MR) is 90.1 cm³/mol. The minimum Gasteiger partial charge on any atom is -0.340 e. The molecule has 1 atom stereocenters. The van der Waals surface area contributed by atoms with Crippen molar-refractivity contribution in [1.82, 2.24) is 15.0 Å². The molecule has 0 saturated carbocycles. The minimum atomic E-state index is -0.134. The minimum absolute atomic E-state index is 0.0377. The van der Waals surface area contributed by atoms with Crippen LogP contribution in [0.1, 0.15) is 53.8 Å². The average Bonchev–Trinajstić information content (AvgIpc) is 3.34. The van der Waals surface area contributed by atoms with Crippen molar-refractivity contribution in [3.8, 4) is 0 Å². The van der Waals surface area contributed by atoms with Gasteiger partial charge >= 0.3 is 0 Å². The Morgan fingerprint density at radius 2 is 2.00 bits per heavy atom. The van der Waals surface area contributed by atoms with Gasteiger partial charge in [0.2, 0.25) is 11.8 Å². The van der Waals surface area contributed by atoms with Gasteiger partial charge in [0, 0.05) is 37.7 Å². The number of nitrogens with zero attached hydrogens (tertiary/aromatic N) is 4. The number of anilines is 1. The van der Waals surface area contributed by atoms with Gasteiger partial charge in [0.15, 0.2) is 5.82 Å². The number of amides is 2. The van der Waals surface area contributed by atoms with E-state index >= 15 is 0 Å². The number of hydrogen-bond acceptors (Lipinski definition) is 5. The van der Waals surface area contributed by atoms with Crippen LogP contribution in [0.3, 0.4) is 0 Å². The van der Waals surface area contributed by atoms with Crippen molar-refractivity contribution >= 4 is 17.5 Å². The van der Waals surface area contributed by atoms with Gasteiger partial charge in [0.1, 0.15) is 0 Å². The zero-order chi connectivity index (χ0) is 17.4. The standard InChI is InChI=1S/C18H20N4O3/c1-12-19-17(20-25-12)15-4-2-11-22(15)18(24)13-6-8-14(9-7-13)21-10-3-5-16(21)23/h6-9,15H,2-5,10-11H2,1H3/t15-/m0/s1. The molecule has 25 heavy (non-hydrogen) atoms. The summed E-state index contributed by atoms with van der Waals surface area (Å²) in [6.07, 6.45) is 3.24. The Hall–Kier alpha value is -2.70. The number of carbonyl (C=O) groups excluding carboxylic acids is 2. The lowest BCUT2D eigenvalue weighted by Gasteiger charge is -2.23. The quantitative estimate of drug-likeness (QED) is 0.857. The van der Waals surface area contributed by atoms with Crippen LogP contribution in [0.25, 0.3) is 0 Å². The van der Waals surface area contributed by atoms with Crippen molar-refractivity contribution in [3.05, 3.63) is 41.5 Å². The average molecular weight is 340 g/mol. The van der Waals surface area contributed by atoms with Crippen LogP contribution >= 0.6 is 0 Å². The van der Waals surface area contributed by atoms with Gasteiger partial charge < -0.3 is 14.3 Å². The van der Waals surface area contributed by atoms with E-state index in [1.807, 2.05) is 12.1 Å². The van der Waals surface area contributed by atoms with E-state index in [9.17, 15) is 9.59 Å². The number of benzene rings is 1. The van der Waals surface area contributed by atoms with Crippen LogP contribution in [0.5, 0.6) is 0 Å². The molecule has 2 saturated heterocycles. The highest BCUT2D eigenvalue weighted by Crippen LogP contribution is 2.32. The Bertz CT molecular complexity index is 799. The molecule has 1 aromatic carbocycles. The first-order valence-corrected chi connectivity index (χ1v) is 8.65. The van der Waals surface area contributed by atoms with Gasteiger partial charge in [-0.15, -0.1) is 0 Å². The molecule has 0 radical (unpaired) electrons. The summed E-state index contributed by atoms with van der Waals surface area (Å²) in [5.74, 6) is 1.19. The topological polar surface area (TPSA) is 79.5 Å². The van der Waals surface area contributed by atoms with Crippen LogP contribution in [0.15, 0.2) is 28.8 Å². The molecule has 0 N–H and O–H groups in total. The van der Waals surface area contributed by atoms with Gasteiger partial charge in [0.25, 0.3) is 5.91 Å². The summed E-state index contributed by atoms with van der Waals surface area (Å²) in [5.41, 5.74) is 1.47. The molecule has 7 heteroatoms. The highest BCUT2D eigenvalue weighted by Gasteiger charge is 2.33. The van der Waals surface area contributed by atoms with Crippen LogP contribution in [0.2, 0.25) is 0 Å². The number of likely N-dealkylation sites (tertiary alicyclic amines) is 1. The fourth-order valence-corrected chi connectivity index (χ4v) is 3.60. The van der Waals surface area contributed by atoms with Gasteiger partial charge in [-0.1, -0.05) is 5.16 Å². The van der Waals surface area contributed by atoms with Crippen LogP contribution in [0.4, 0.5) is 5.69 Å². The molecular weight excluding hydrogens is 320 g/mol. The molecule has 3 heterocycles. The van der Waals surface area contributed by atoms with E-state index in [1.54, 1.807) is 28.9 Å². The predicted octanol–water partition coefficient (Wildman–Crippen LogP) is 2.48. The zero-order valence-electron chi connectivity index (χ0n) is 14.1. The second-order valence-corrected chi connectivity index (χ2v) is 6.52. The van der Waals surface area contributed by atoms with E-state index in [1.165, 1.54) is 0 Å². The van der Waals surface area contributed by atoms with Crippen molar-refractivity contribution in [2.75, 3.05) is 18.0 Å². The molecular formula is C18H20N4O3. The maximum absolute atomic E-state index is 12.9. The Morgan fingerprint density at radius 3 is 2.64 bits per heavy atom. The smallest absolute Gasteiger partial charge is 0.254 e. The summed E-state index contributed by atoms with van der Waals surface area (Å²) in [7, 11) is 0. The van der Waals surface area contributed by atoms with E-state index in [4.69, 9.17) is 4.52 Å². The van der Waals surface area contributed by atoms with Crippen LogP contribution in [-0.2, 0) is 4.79 Å². The van der Waals surface area contributed by atoms with Crippen molar-refractivity contribution < 1.29 is 14.1 Å². The molecule has 0 bridgehead atoms. The fourth-order valence-electron chi connectivity index (χ4n) is 3.60. The SMILES string of the molecule is Cc1nc([C@@H]2CCCN2C(=O)c2ccc(N3CCCC3=O)cc2)no1. The highest BCUT2D eigenvalue weighted by molar-refractivity contribution is 5.97. The third-order valence-electron chi connectivity index (χ3n) is 4.85. The van der Waals surface area contributed by atoms with Crippen molar-refractivity contribution in [1.29, 1.82) is 0 Å². The zero-order valence-corrected chi connectivity index (χ0v) is 14.1. The molecule has 1 aromatic heterocycles. The second kappa shape index (κ2) is 6.31. The largest absolute Gasteiger partial charge is 0.340 e. The van der Waals surface area contributed by atoms with Gasteiger partial charge in [-0.25, -0.2) is 0 Å². The summed E-state index contributed by atoms with van der Waals surface area (Å²) < 4.78 is 5.06. The number of aryl methyl sites for hydroxylation is 1. The molecule has 2 aromatic rings. The Morgan fingerprint density at radius 1 is 1.20 bits per heavy atom. The summed E-state index contributed by atoms with van der Waals surface area (Å²) in [6, 6.07) is 7.14. The van der Waals surface area contributed by atoms with Crippen LogP contribution < -0.4 is 4.90 Å². The maximum Gasteiger partial charge on any atom is 0.254 e. The number of hydrogen-bond donors (Lipinski definition) is 0. The second-order valence-electron chi connectivity index (χ2n) is 6.52. The molecule has 4 rings (SSSR count). The molecule has 2 amide bonds. The lowest BCUT2D eigenvalue weighted by atomic mass is 10.1. The molecule has 0 spiro atoms. The Kier molecular flexibility index (Phi) is 3.99. The number of rotatable bonds is 3. The van der Waals surface area contributed by atoms with E-state index in [0.717, 1.165) is 31.5 Å². The summed E-state index contributed by atoms with van der Waals surface area (Å²) in [5, 5.41) is 3.97. The van der Waals surface area contributed by atoms with E-state index < -0.39 is 0 Å². The first-order chi connectivity index (χ1) is 12.1. The molecule has 2 aliphatic heterocycles. The Labute approximate surface area is 145 Å². The maximum atomic E-state index is 12.9. The molecule has 0 unspecified atom stereocenters. The number of carbonyl (C=O) groups is 2. The van der Waals surface area contributed by atoms with Crippen molar-refractivity contribution in [2.45, 2.75) is 38.6 Å². The van der Waals surface area contributed by atoms with Gasteiger partial charge in [-0.3, -0.25) is 9.59 Å². The van der Waals surface area contributed by atoms with Gasteiger partial charge in [0.05, 0.1) is 6.04 Å². The molecule has 0 aliphatic carbocycles. The molecule has 2 aliphatic rings. The fraction of sp³-hybridized carbons (Fsp3) is 0.444. The first-order valence-electron chi connectivity index (χ1n) is 8.65. The van der Waals surface area contributed by atoms with Crippen molar-refractivity contribution in [3.63, 3.8) is 0 Å². The van der Waals surface area contributed by atoms with E-state index in [2.05, 4.69) is 10.1 Å². The third kappa shape index (κ3) is 2.90. The number of aromatic nitrogens is 2. The van der Waals surface area contributed by atoms with Crippen LogP contribution in [-0.4, -0.2) is 39.9 Å². The third-order valence-corrected chi connectivity index (χ3v) is 4.85. The summed E-state index contributed by atoms with van der Waals surface area (Å²) >= 11 is 0. The monoisotopic (exact) mass is 340 g/mol. The molecule has 2 fully saturated rings. The summed E-state index contributed by atoms with van der Waals surface area (Å²) in [4.78, 5) is 32.6. The van der Waals surface area contributed by atoms with Crippen LogP contribution in [0, 0.1) is 6.92 Å². The lowest BCUT2D eigenvalue weighted by molar-refractivity contribution is -0.117. The van der Waals surface area contributed by atoms with Gasteiger partial charge in [-0.05, 0) is 43.5 Å². The van der Waals surface area contributed by atoms with E-state index in [-0.39, 0.29) is 17.9 Å². The first kappa shape index (κ1) is 15.8. The highest BCUT2D eigenvalue weighted by atomic mass is 16.5. The van der Waals surface area contributed by atoms with Crippen molar-refractivity contribution in [2.24, 2.45) is 0 Å². The molecule has 130 valence electrons. The van der Waals surface area contributed by atoms with Gasteiger partial charge in [-0.2, -0.15) is 4.98 Å². The summed E-state index contributed by atoms with van der Waals surface area (Å²) in [6.45, 7) is 3.18. The lowest BCUT2D eigenvalue weighted by Crippen LogP contribution is -2.31. The van der Waals surface area contributed by atoms with E-state index in [0.29, 0.717) is 30.2 Å².